The Hall–Kier alpha value is -3.50. The molecule has 6 nitrogen and oxygen atoms in total. The Morgan fingerprint density at radius 2 is 1.83 bits per heavy atom. The zero-order valence-electron chi connectivity index (χ0n) is 15.7. The molecule has 1 amide bonds. The number of aliphatic carboxylic acids is 1. The molecule has 1 aliphatic heterocycles. The number of benzene rings is 2. The van der Waals surface area contributed by atoms with Crippen molar-refractivity contribution in [2.24, 2.45) is 5.92 Å². The minimum Gasteiger partial charge on any atom is -0.481 e. The standard InChI is InChI=1S/C23H16BrN3O3/c24-17-8-6-15(7-9-17)20-11-18(14-4-2-1-3-5-14)19(12-25)22(26-20)27-13-16(23(29)30)10-21(27)28/h1-9,11,16H,10,13H2,(H,29,30). The third-order valence-electron chi connectivity index (χ3n) is 5.07. The Labute approximate surface area is 181 Å². The van der Waals surface area contributed by atoms with Gasteiger partial charge in [0.25, 0.3) is 0 Å². The maximum absolute atomic E-state index is 12.6. The summed E-state index contributed by atoms with van der Waals surface area (Å²) in [7, 11) is 0. The highest BCUT2D eigenvalue weighted by atomic mass is 79.9. The minimum atomic E-state index is -1.03. The molecule has 1 N–H and O–H groups in total. The van der Waals surface area contributed by atoms with Gasteiger partial charge in [-0.3, -0.25) is 14.5 Å². The van der Waals surface area contributed by atoms with E-state index in [9.17, 15) is 20.0 Å². The average molecular weight is 462 g/mol. The molecule has 2 aromatic carbocycles. The number of pyridine rings is 1. The summed E-state index contributed by atoms with van der Waals surface area (Å²) in [6.45, 7) is -0.00608. The predicted molar refractivity (Wildman–Crippen MR) is 116 cm³/mol. The van der Waals surface area contributed by atoms with Crippen LogP contribution in [-0.4, -0.2) is 28.5 Å². The fourth-order valence-electron chi connectivity index (χ4n) is 3.53. The van der Waals surface area contributed by atoms with Crippen molar-refractivity contribution in [3.8, 4) is 28.5 Å². The number of carboxylic acid groups (broad SMARTS) is 1. The molecule has 30 heavy (non-hydrogen) atoms. The first kappa shape index (κ1) is 19.8. The highest BCUT2D eigenvalue weighted by molar-refractivity contribution is 9.10. The fourth-order valence-corrected chi connectivity index (χ4v) is 3.79. The van der Waals surface area contributed by atoms with Crippen LogP contribution in [0, 0.1) is 17.2 Å². The van der Waals surface area contributed by atoms with Crippen LogP contribution in [0.2, 0.25) is 0 Å². The van der Waals surface area contributed by atoms with Crippen molar-refractivity contribution in [2.75, 3.05) is 11.4 Å². The van der Waals surface area contributed by atoms with Crippen molar-refractivity contribution in [3.63, 3.8) is 0 Å². The molecule has 1 saturated heterocycles. The van der Waals surface area contributed by atoms with Crippen molar-refractivity contribution < 1.29 is 14.7 Å². The molecule has 7 heteroatoms. The van der Waals surface area contributed by atoms with E-state index in [4.69, 9.17) is 0 Å². The van der Waals surface area contributed by atoms with Crippen molar-refractivity contribution in [1.82, 2.24) is 4.98 Å². The lowest BCUT2D eigenvalue weighted by molar-refractivity contribution is -0.141. The van der Waals surface area contributed by atoms with Crippen LogP contribution >= 0.6 is 15.9 Å². The number of hydrogen-bond donors (Lipinski definition) is 1. The van der Waals surface area contributed by atoms with Gasteiger partial charge in [-0.2, -0.15) is 5.26 Å². The summed E-state index contributed by atoms with van der Waals surface area (Å²) in [6, 6.07) is 21.0. The van der Waals surface area contributed by atoms with Gasteiger partial charge in [-0.15, -0.1) is 0 Å². The Morgan fingerprint density at radius 3 is 2.43 bits per heavy atom. The van der Waals surface area contributed by atoms with Gasteiger partial charge in [0.2, 0.25) is 5.91 Å². The lowest BCUT2D eigenvalue weighted by Crippen LogP contribution is -2.28. The normalized spacial score (nSPS) is 15.8. The second-order valence-electron chi connectivity index (χ2n) is 6.98. The number of carbonyl (C=O) groups is 2. The van der Waals surface area contributed by atoms with E-state index in [0.717, 1.165) is 15.6 Å². The van der Waals surface area contributed by atoms with Crippen LogP contribution in [0.4, 0.5) is 5.82 Å². The highest BCUT2D eigenvalue weighted by Crippen LogP contribution is 2.36. The number of rotatable bonds is 4. The summed E-state index contributed by atoms with van der Waals surface area (Å²) in [6.07, 6.45) is -0.106. The zero-order valence-corrected chi connectivity index (χ0v) is 17.3. The van der Waals surface area contributed by atoms with E-state index in [-0.39, 0.29) is 30.3 Å². The van der Waals surface area contributed by atoms with E-state index in [0.29, 0.717) is 11.3 Å². The number of carboxylic acids is 1. The number of anilines is 1. The van der Waals surface area contributed by atoms with Gasteiger partial charge in [0.1, 0.15) is 11.6 Å². The number of hydrogen-bond acceptors (Lipinski definition) is 4. The average Bonchev–Trinajstić information content (AvgIpc) is 3.16. The molecular weight excluding hydrogens is 446 g/mol. The van der Waals surface area contributed by atoms with Gasteiger partial charge in [-0.1, -0.05) is 58.4 Å². The summed E-state index contributed by atoms with van der Waals surface area (Å²) in [5.41, 5.74) is 3.14. The Balaban J connectivity index is 1.93. The Morgan fingerprint density at radius 1 is 1.13 bits per heavy atom. The van der Waals surface area contributed by atoms with Gasteiger partial charge in [0.05, 0.1) is 11.6 Å². The Bertz CT molecular complexity index is 1170. The first-order valence-corrected chi connectivity index (χ1v) is 10.1. The molecule has 1 fully saturated rings. The van der Waals surface area contributed by atoms with E-state index in [1.54, 1.807) is 0 Å². The fraction of sp³-hybridized carbons (Fsp3) is 0.130. The van der Waals surface area contributed by atoms with Gasteiger partial charge >= 0.3 is 5.97 Å². The summed E-state index contributed by atoms with van der Waals surface area (Å²) >= 11 is 3.42. The van der Waals surface area contributed by atoms with Crippen LogP contribution in [0.15, 0.2) is 65.1 Å². The molecule has 0 spiro atoms. The Kier molecular flexibility index (Phi) is 5.34. The van der Waals surface area contributed by atoms with E-state index < -0.39 is 11.9 Å². The number of nitriles is 1. The molecule has 1 aliphatic rings. The molecular formula is C23H16BrN3O3. The van der Waals surface area contributed by atoms with Gasteiger partial charge in [0.15, 0.2) is 5.82 Å². The first-order chi connectivity index (χ1) is 14.5. The van der Waals surface area contributed by atoms with Crippen molar-refractivity contribution in [3.05, 3.63) is 70.7 Å². The molecule has 1 atom stereocenters. The van der Waals surface area contributed by atoms with Gasteiger partial charge in [0, 0.05) is 28.6 Å². The van der Waals surface area contributed by atoms with Gasteiger partial charge in [-0.25, -0.2) is 4.98 Å². The minimum absolute atomic E-state index is 0.00608. The van der Waals surface area contributed by atoms with Crippen LogP contribution in [-0.2, 0) is 9.59 Å². The van der Waals surface area contributed by atoms with Crippen LogP contribution < -0.4 is 4.90 Å². The van der Waals surface area contributed by atoms with E-state index in [2.05, 4.69) is 27.0 Å². The van der Waals surface area contributed by atoms with E-state index in [1.165, 1.54) is 4.90 Å². The molecule has 0 radical (unpaired) electrons. The highest BCUT2D eigenvalue weighted by Gasteiger charge is 2.37. The van der Waals surface area contributed by atoms with Crippen LogP contribution in [0.3, 0.4) is 0 Å². The summed E-state index contributed by atoms with van der Waals surface area (Å²) in [5.74, 6) is -2.00. The molecule has 3 aromatic rings. The third kappa shape index (κ3) is 3.70. The van der Waals surface area contributed by atoms with Crippen LogP contribution in [0.1, 0.15) is 12.0 Å². The predicted octanol–water partition coefficient (Wildman–Crippen LogP) is 4.49. The van der Waals surface area contributed by atoms with Crippen molar-refractivity contribution in [2.45, 2.75) is 6.42 Å². The monoisotopic (exact) mass is 461 g/mol. The van der Waals surface area contributed by atoms with E-state index >= 15 is 0 Å². The molecule has 2 heterocycles. The number of carbonyl (C=O) groups excluding carboxylic acids is 1. The molecule has 4 rings (SSSR count). The lowest BCUT2D eigenvalue weighted by Gasteiger charge is -2.20. The number of nitrogens with zero attached hydrogens (tertiary/aromatic N) is 3. The third-order valence-corrected chi connectivity index (χ3v) is 5.60. The molecule has 0 bridgehead atoms. The molecule has 0 saturated carbocycles. The smallest absolute Gasteiger partial charge is 0.308 e. The second-order valence-corrected chi connectivity index (χ2v) is 7.90. The number of halogens is 1. The quantitative estimate of drug-likeness (QED) is 0.617. The lowest BCUT2D eigenvalue weighted by atomic mass is 9.98. The van der Waals surface area contributed by atoms with Crippen molar-refractivity contribution in [1.29, 1.82) is 5.26 Å². The van der Waals surface area contributed by atoms with Crippen LogP contribution in [0.25, 0.3) is 22.4 Å². The summed E-state index contributed by atoms with van der Waals surface area (Å²) < 4.78 is 0.919. The number of amides is 1. The summed E-state index contributed by atoms with van der Waals surface area (Å²) in [5, 5.41) is 19.3. The SMILES string of the molecule is N#Cc1c(-c2ccccc2)cc(-c2ccc(Br)cc2)nc1N1CC(C(=O)O)CC1=O. The molecule has 148 valence electrons. The zero-order chi connectivity index (χ0) is 21.3. The van der Waals surface area contributed by atoms with Gasteiger partial charge < -0.3 is 5.11 Å². The van der Waals surface area contributed by atoms with Crippen molar-refractivity contribution >= 4 is 33.6 Å². The summed E-state index contributed by atoms with van der Waals surface area (Å²) in [4.78, 5) is 30.0. The maximum Gasteiger partial charge on any atom is 0.308 e. The second kappa shape index (κ2) is 8.09. The number of aromatic nitrogens is 1. The van der Waals surface area contributed by atoms with Crippen LogP contribution in [0.5, 0.6) is 0 Å². The molecule has 1 unspecified atom stereocenters. The maximum atomic E-state index is 12.6. The first-order valence-electron chi connectivity index (χ1n) is 9.27. The van der Waals surface area contributed by atoms with E-state index in [1.807, 2.05) is 60.7 Å². The van der Waals surface area contributed by atoms with Gasteiger partial charge in [-0.05, 0) is 23.8 Å². The molecule has 1 aromatic heterocycles. The molecule has 0 aliphatic carbocycles. The largest absolute Gasteiger partial charge is 0.481 e. The topological polar surface area (TPSA) is 94.3 Å².